The van der Waals surface area contributed by atoms with Gasteiger partial charge in [0.25, 0.3) is 0 Å². The summed E-state index contributed by atoms with van der Waals surface area (Å²) in [5.41, 5.74) is 0.381. The molecule has 0 aliphatic heterocycles. The number of thioether (sulfide) groups is 1. The minimum absolute atomic E-state index is 0.0886. The number of nitrogens with zero attached hydrogens (tertiary/aromatic N) is 2. The molecular formula is C11H8N2OS. The second-order valence-corrected chi connectivity index (χ2v) is 3.84. The van der Waals surface area contributed by atoms with Crippen molar-refractivity contribution in [2.24, 2.45) is 0 Å². The van der Waals surface area contributed by atoms with Crippen molar-refractivity contribution in [3.05, 3.63) is 54.6 Å². The van der Waals surface area contributed by atoms with Gasteiger partial charge in [0.2, 0.25) is 5.12 Å². The molecule has 0 spiro atoms. The van der Waals surface area contributed by atoms with E-state index in [1.54, 1.807) is 6.20 Å². The molecule has 2 rings (SSSR count). The highest BCUT2D eigenvalue weighted by atomic mass is 32.2. The van der Waals surface area contributed by atoms with Crippen LogP contribution < -0.4 is 0 Å². The molecule has 0 fully saturated rings. The largest absolute Gasteiger partial charge is 0.279 e. The molecule has 3 nitrogen and oxygen atoms in total. The van der Waals surface area contributed by atoms with Crippen molar-refractivity contribution in [2.45, 2.75) is 4.90 Å². The highest BCUT2D eigenvalue weighted by molar-refractivity contribution is 8.14. The van der Waals surface area contributed by atoms with Crippen LogP contribution in [-0.2, 0) is 0 Å². The number of aromatic nitrogens is 2. The summed E-state index contributed by atoms with van der Waals surface area (Å²) in [6.07, 6.45) is 4.53. The van der Waals surface area contributed by atoms with Crippen LogP contribution in [0.25, 0.3) is 0 Å². The Bertz CT molecular complexity index is 445. The molecule has 0 aliphatic carbocycles. The fourth-order valence-corrected chi connectivity index (χ4v) is 1.77. The monoisotopic (exact) mass is 216 g/mol. The summed E-state index contributed by atoms with van der Waals surface area (Å²) in [5, 5.41) is -0.0886. The topological polar surface area (TPSA) is 42.9 Å². The van der Waals surface area contributed by atoms with Crippen LogP contribution in [0.1, 0.15) is 10.5 Å². The molecule has 74 valence electrons. The molecule has 0 aliphatic rings. The van der Waals surface area contributed by atoms with Crippen LogP contribution in [0.15, 0.2) is 53.8 Å². The van der Waals surface area contributed by atoms with Gasteiger partial charge in [-0.05, 0) is 23.9 Å². The zero-order valence-corrected chi connectivity index (χ0v) is 8.65. The zero-order valence-electron chi connectivity index (χ0n) is 7.83. The second kappa shape index (κ2) is 4.70. The normalized spacial score (nSPS) is 9.87. The Morgan fingerprint density at radius 1 is 1.13 bits per heavy atom. The second-order valence-electron chi connectivity index (χ2n) is 2.79. The first-order valence-corrected chi connectivity index (χ1v) is 5.21. The van der Waals surface area contributed by atoms with Gasteiger partial charge in [0.05, 0.1) is 6.20 Å². The van der Waals surface area contributed by atoms with Crippen LogP contribution in [0, 0.1) is 0 Å². The molecule has 2 aromatic rings. The molecule has 0 bridgehead atoms. The maximum Gasteiger partial charge on any atom is 0.244 e. The van der Waals surface area contributed by atoms with Gasteiger partial charge < -0.3 is 0 Å². The summed E-state index contributed by atoms with van der Waals surface area (Å²) in [4.78, 5) is 20.4. The van der Waals surface area contributed by atoms with Gasteiger partial charge in [0, 0.05) is 17.3 Å². The number of rotatable bonds is 2. The fraction of sp³-hybridized carbons (Fsp3) is 0. The van der Waals surface area contributed by atoms with E-state index in [0.717, 1.165) is 16.7 Å². The van der Waals surface area contributed by atoms with E-state index in [2.05, 4.69) is 9.97 Å². The van der Waals surface area contributed by atoms with Crippen molar-refractivity contribution in [1.29, 1.82) is 0 Å². The van der Waals surface area contributed by atoms with Gasteiger partial charge in [-0.2, -0.15) is 0 Å². The summed E-state index contributed by atoms with van der Waals surface area (Å²) < 4.78 is 0. The third-order valence-corrected chi connectivity index (χ3v) is 2.63. The van der Waals surface area contributed by atoms with E-state index in [0.29, 0.717) is 5.69 Å². The van der Waals surface area contributed by atoms with E-state index < -0.39 is 0 Å². The summed E-state index contributed by atoms with van der Waals surface area (Å²) in [7, 11) is 0. The van der Waals surface area contributed by atoms with Crippen LogP contribution in [0.3, 0.4) is 0 Å². The van der Waals surface area contributed by atoms with E-state index in [1.807, 2.05) is 30.3 Å². The van der Waals surface area contributed by atoms with Gasteiger partial charge in [-0.3, -0.25) is 9.78 Å². The van der Waals surface area contributed by atoms with Gasteiger partial charge in [-0.25, -0.2) is 4.98 Å². The van der Waals surface area contributed by atoms with Gasteiger partial charge in [-0.1, -0.05) is 18.2 Å². The molecule has 0 atom stereocenters. The summed E-state index contributed by atoms with van der Waals surface area (Å²) >= 11 is 1.16. The molecule has 0 unspecified atom stereocenters. The Morgan fingerprint density at radius 3 is 2.60 bits per heavy atom. The molecule has 0 radical (unpaired) electrons. The summed E-state index contributed by atoms with van der Waals surface area (Å²) in [6.45, 7) is 0. The molecular weight excluding hydrogens is 208 g/mol. The van der Waals surface area contributed by atoms with E-state index in [9.17, 15) is 4.79 Å². The number of carbonyl (C=O) groups excluding carboxylic acids is 1. The Morgan fingerprint density at radius 2 is 1.93 bits per heavy atom. The first-order valence-electron chi connectivity index (χ1n) is 4.39. The molecule has 0 saturated heterocycles. The quantitative estimate of drug-likeness (QED) is 0.723. The summed E-state index contributed by atoms with van der Waals surface area (Å²) in [5.74, 6) is 0. The van der Waals surface area contributed by atoms with Crippen LogP contribution in [0.5, 0.6) is 0 Å². The first kappa shape index (κ1) is 9.86. The Kier molecular flexibility index (Phi) is 3.09. The highest BCUT2D eigenvalue weighted by Gasteiger charge is 2.08. The lowest BCUT2D eigenvalue weighted by Crippen LogP contribution is -1.97. The van der Waals surface area contributed by atoms with Crippen molar-refractivity contribution < 1.29 is 4.79 Å². The standard InChI is InChI=1S/C11H8N2OS/c14-11(10-8-12-6-7-13-10)15-9-4-2-1-3-5-9/h1-8H. The van der Waals surface area contributed by atoms with Crippen molar-refractivity contribution in [3.63, 3.8) is 0 Å². The predicted octanol–water partition coefficient (Wildman–Crippen LogP) is 2.41. The lowest BCUT2D eigenvalue weighted by atomic mass is 10.4. The average Bonchev–Trinajstić information content (AvgIpc) is 2.31. The molecule has 0 saturated carbocycles. The lowest BCUT2D eigenvalue weighted by Gasteiger charge is -1.98. The average molecular weight is 216 g/mol. The molecule has 1 heterocycles. The number of hydrogen-bond acceptors (Lipinski definition) is 4. The minimum Gasteiger partial charge on any atom is -0.279 e. The van der Waals surface area contributed by atoms with Crippen LogP contribution in [0.2, 0.25) is 0 Å². The van der Waals surface area contributed by atoms with Crippen LogP contribution >= 0.6 is 11.8 Å². The molecule has 1 aromatic heterocycles. The van der Waals surface area contributed by atoms with E-state index in [4.69, 9.17) is 0 Å². The predicted molar refractivity (Wildman–Crippen MR) is 58.7 cm³/mol. The number of benzene rings is 1. The first-order chi connectivity index (χ1) is 7.36. The maximum absolute atomic E-state index is 11.7. The third-order valence-electron chi connectivity index (χ3n) is 1.73. The van der Waals surface area contributed by atoms with E-state index in [-0.39, 0.29) is 5.12 Å². The lowest BCUT2D eigenvalue weighted by molar-refractivity contribution is 0.108. The SMILES string of the molecule is O=C(Sc1ccccc1)c1cnccn1. The smallest absolute Gasteiger partial charge is 0.244 e. The van der Waals surface area contributed by atoms with E-state index in [1.165, 1.54) is 12.4 Å². The highest BCUT2D eigenvalue weighted by Crippen LogP contribution is 2.20. The molecule has 0 amide bonds. The Hall–Kier alpha value is -1.68. The summed E-state index contributed by atoms with van der Waals surface area (Å²) in [6, 6.07) is 9.48. The van der Waals surface area contributed by atoms with Crippen molar-refractivity contribution >= 4 is 16.9 Å². The van der Waals surface area contributed by atoms with Gasteiger partial charge >= 0.3 is 0 Å². The van der Waals surface area contributed by atoms with Crippen molar-refractivity contribution in [1.82, 2.24) is 9.97 Å². The molecule has 4 heteroatoms. The zero-order chi connectivity index (χ0) is 10.5. The molecule has 1 aromatic carbocycles. The minimum atomic E-state index is -0.0886. The number of carbonyl (C=O) groups is 1. The Balaban J connectivity index is 2.12. The van der Waals surface area contributed by atoms with E-state index >= 15 is 0 Å². The van der Waals surface area contributed by atoms with Crippen molar-refractivity contribution in [2.75, 3.05) is 0 Å². The fourth-order valence-electron chi connectivity index (χ4n) is 1.05. The molecule has 0 N–H and O–H groups in total. The van der Waals surface area contributed by atoms with Crippen molar-refractivity contribution in [3.8, 4) is 0 Å². The maximum atomic E-state index is 11.7. The van der Waals surface area contributed by atoms with Crippen LogP contribution in [0.4, 0.5) is 0 Å². The molecule has 15 heavy (non-hydrogen) atoms. The Labute approximate surface area is 91.6 Å². The van der Waals surface area contributed by atoms with Gasteiger partial charge in [0.15, 0.2) is 0 Å². The number of hydrogen-bond donors (Lipinski definition) is 0. The van der Waals surface area contributed by atoms with Gasteiger partial charge in [0.1, 0.15) is 5.69 Å². The third kappa shape index (κ3) is 2.63. The van der Waals surface area contributed by atoms with Crippen LogP contribution in [-0.4, -0.2) is 15.1 Å². The van der Waals surface area contributed by atoms with Gasteiger partial charge in [-0.15, -0.1) is 0 Å².